The fourth-order valence-corrected chi connectivity index (χ4v) is 4.40. The number of carbonyl (C=O) groups is 1. The summed E-state index contributed by atoms with van der Waals surface area (Å²) < 4.78 is 42.6. The number of sulfone groups is 1. The number of rotatable bonds is 10. The lowest BCUT2D eigenvalue weighted by atomic mass is 10.2. The molecule has 0 atom stereocenters. The van der Waals surface area contributed by atoms with E-state index >= 15 is 0 Å². The van der Waals surface area contributed by atoms with Gasteiger partial charge in [-0.15, -0.1) is 0 Å². The first-order chi connectivity index (χ1) is 15.5. The molecule has 0 fully saturated rings. The minimum atomic E-state index is -3.59. The molecule has 0 amide bonds. The number of benzene rings is 3. The van der Waals surface area contributed by atoms with Gasteiger partial charge in [0, 0.05) is 12.8 Å². The van der Waals surface area contributed by atoms with Crippen LogP contribution in [0.3, 0.4) is 0 Å². The molecule has 7 heteroatoms. The molecular weight excluding hydrogens is 428 g/mol. The average molecular weight is 455 g/mol. The largest absolute Gasteiger partial charge is 0.490 e. The van der Waals surface area contributed by atoms with E-state index in [1.165, 1.54) is 0 Å². The lowest BCUT2D eigenvalue weighted by molar-refractivity contribution is -0.134. The summed E-state index contributed by atoms with van der Waals surface area (Å²) >= 11 is 0. The second-order valence-electron chi connectivity index (χ2n) is 6.91. The van der Waals surface area contributed by atoms with Crippen molar-refractivity contribution in [3.63, 3.8) is 0 Å². The summed E-state index contributed by atoms with van der Waals surface area (Å²) in [5.41, 5.74) is 0.815. The molecule has 0 unspecified atom stereocenters. The van der Waals surface area contributed by atoms with E-state index < -0.39 is 9.84 Å². The SMILES string of the molecule is CCOc1cccc(OCCc2cccc(S(=O)(=O)c3ccccc3)c2)c1OC(=O)CC. The van der Waals surface area contributed by atoms with Crippen molar-refractivity contribution >= 4 is 15.8 Å². The van der Waals surface area contributed by atoms with Crippen LogP contribution in [0.25, 0.3) is 0 Å². The van der Waals surface area contributed by atoms with E-state index in [-0.39, 0.29) is 34.5 Å². The van der Waals surface area contributed by atoms with Crippen LogP contribution in [-0.2, 0) is 21.1 Å². The normalized spacial score (nSPS) is 11.1. The van der Waals surface area contributed by atoms with Gasteiger partial charge in [0.25, 0.3) is 0 Å². The van der Waals surface area contributed by atoms with Gasteiger partial charge in [-0.25, -0.2) is 8.42 Å². The Hall–Kier alpha value is -3.32. The zero-order valence-corrected chi connectivity index (χ0v) is 18.9. The number of para-hydroxylation sites is 1. The van der Waals surface area contributed by atoms with E-state index in [4.69, 9.17) is 14.2 Å². The van der Waals surface area contributed by atoms with Gasteiger partial charge in [0.15, 0.2) is 11.5 Å². The fourth-order valence-electron chi connectivity index (χ4n) is 3.05. The maximum atomic E-state index is 12.9. The number of esters is 1. The van der Waals surface area contributed by atoms with E-state index in [0.29, 0.717) is 24.5 Å². The van der Waals surface area contributed by atoms with Crippen molar-refractivity contribution in [1.29, 1.82) is 0 Å². The van der Waals surface area contributed by atoms with E-state index in [0.717, 1.165) is 5.56 Å². The summed E-state index contributed by atoms with van der Waals surface area (Å²) in [6.45, 7) is 4.24. The van der Waals surface area contributed by atoms with Crippen molar-refractivity contribution in [2.75, 3.05) is 13.2 Å². The average Bonchev–Trinajstić information content (AvgIpc) is 2.81. The molecule has 3 rings (SSSR count). The molecule has 6 nitrogen and oxygen atoms in total. The van der Waals surface area contributed by atoms with Crippen molar-refractivity contribution in [2.45, 2.75) is 36.5 Å². The molecule has 0 N–H and O–H groups in total. The van der Waals surface area contributed by atoms with Gasteiger partial charge < -0.3 is 14.2 Å². The maximum absolute atomic E-state index is 12.9. The Bertz CT molecular complexity index is 1160. The van der Waals surface area contributed by atoms with E-state index in [2.05, 4.69) is 0 Å². The molecule has 0 spiro atoms. The fraction of sp³-hybridized carbons (Fsp3) is 0.240. The maximum Gasteiger partial charge on any atom is 0.311 e. The molecule has 0 aromatic heterocycles. The number of hydrogen-bond acceptors (Lipinski definition) is 6. The van der Waals surface area contributed by atoms with Crippen molar-refractivity contribution in [1.82, 2.24) is 0 Å². The third kappa shape index (κ3) is 5.68. The van der Waals surface area contributed by atoms with Gasteiger partial charge in [-0.1, -0.05) is 43.3 Å². The quantitative estimate of drug-likeness (QED) is 0.322. The van der Waals surface area contributed by atoms with Gasteiger partial charge in [0.05, 0.1) is 23.0 Å². The van der Waals surface area contributed by atoms with Crippen LogP contribution in [0.15, 0.2) is 82.6 Å². The summed E-state index contributed by atoms with van der Waals surface area (Å²) in [6.07, 6.45) is 0.695. The van der Waals surface area contributed by atoms with Gasteiger partial charge in [-0.2, -0.15) is 0 Å². The van der Waals surface area contributed by atoms with Crippen LogP contribution in [0.5, 0.6) is 17.2 Å². The van der Waals surface area contributed by atoms with Crippen LogP contribution < -0.4 is 14.2 Å². The van der Waals surface area contributed by atoms with Crippen molar-refractivity contribution < 1.29 is 27.4 Å². The monoisotopic (exact) mass is 454 g/mol. The Kier molecular flexibility index (Phi) is 7.89. The first-order valence-corrected chi connectivity index (χ1v) is 11.9. The molecular formula is C25H26O6S. The topological polar surface area (TPSA) is 78.9 Å². The molecule has 0 saturated heterocycles. The highest BCUT2D eigenvalue weighted by Crippen LogP contribution is 2.37. The van der Waals surface area contributed by atoms with Crippen molar-refractivity contribution in [3.05, 3.63) is 78.4 Å². The molecule has 0 bridgehead atoms. The molecule has 0 saturated carbocycles. The molecule has 168 valence electrons. The number of hydrogen-bond donors (Lipinski definition) is 0. The Morgan fingerprint density at radius 2 is 1.47 bits per heavy atom. The zero-order valence-electron chi connectivity index (χ0n) is 18.1. The minimum Gasteiger partial charge on any atom is -0.490 e. The standard InChI is InChI=1S/C25H26O6S/c1-3-24(26)31-25-22(29-4-2)14-9-15-23(25)30-17-16-19-10-8-13-21(18-19)32(27,28)20-11-6-5-7-12-20/h5-15,18H,3-4,16-17H2,1-2H3. The smallest absolute Gasteiger partial charge is 0.311 e. The summed E-state index contributed by atoms with van der Waals surface area (Å²) in [6, 6.07) is 20.3. The van der Waals surface area contributed by atoms with Crippen molar-refractivity contribution in [3.8, 4) is 17.2 Å². The van der Waals surface area contributed by atoms with Crippen molar-refractivity contribution in [2.24, 2.45) is 0 Å². The Morgan fingerprint density at radius 3 is 2.16 bits per heavy atom. The zero-order chi connectivity index (χ0) is 23.0. The highest BCUT2D eigenvalue weighted by molar-refractivity contribution is 7.91. The predicted molar refractivity (Wildman–Crippen MR) is 121 cm³/mol. The van der Waals surface area contributed by atoms with Crippen LogP contribution in [0, 0.1) is 0 Å². The highest BCUT2D eigenvalue weighted by Gasteiger charge is 2.18. The van der Waals surface area contributed by atoms with Crippen LogP contribution in [-0.4, -0.2) is 27.6 Å². The third-order valence-electron chi connectivity index (χ3n) is 4.66. The Morgan fingerprint density at radius 1 is 0.812 bits per heavy atom. The number of ether oxygens (including phenoxy) is 3. The lowest BCUT2D eigenvalue weighted by Crippen LogP contribution is -2.10. The third-order valence-corrected chi connectivity index (χ3v) is 6.43. The molecule has 0 aliphatic rings. The van der Waals surface area contributed by atoms with Crippen LogP contribution in [0.2, 0.25) is 0 Å². The second-order valence-corrected chi connectivity index (χ2v) is 8.86. The van der Waals surface area contributed by atoms with Gasteiger partial charge in [0.2, 0.25) is 15.6 Å². The molecule has 3 aromatic rings. The van der Waals surface area contributed by atoms with E-state index in [9.17, 15) is 13.2 Å². The molecule has 0 radical (unpaired) electrons. The minimum absolute atomic E-state index is 0.225. The predicted octanol–water partition coefficient (Wildman–Crippen LogP) is 4.86. The van der Waals surface area contributed by atoms with E-state index in [1.807, 2.05) is 13.0 Å². The van der Waals surface area contributed by atoms with Crippen LogP contribution >= 0.6 is 0 Å². The first kappa shape index (κ1) is 23.3. The molecule has 0 aliphatic carbocycles. The Balaban J connectivity index is 1.74. The summed E-state index contributed by atoms with van der Waals surface area (Å²) in [7, 11) is -3.59. The lowest BCUT2D eigenvalue weighted by Gasteiger charge is -2.15. The van der Waals surface area contributed by atoms with Gasteiger partial charge in [-0.3, -0.25) is 4.79 Å². The van der Waals surface area contributed by atoms with Crippen LogP contribution in [0.1, 0.15) is 25.8 Å². The highest BCUT2D eigenvalue weighted by atomic mass is 32.2. The van der Waals surface area contributed by atoms with Gasteiger partial charge in [-0.05, 0) is 48.9 Å². The van der Waals surface area contributed by atoms with E-state index in [1.54, 1.807) is 73.7 Å². The number of carbonyl (C=O) groups excluding carboxylic acids is 1. The first-order valence-electron chi connectivity index (χ1n) is 10.4. The van der Waals surface area contributed by atoms with Gasteiger partial charge >= 0.3 is 5.97 Å². The van der Waals surface area contributed by atoms with Crippen LogP contribution in [0.4, 0.5) is 0 Å². The second kappa shape index (κ2) is 10.8. The molecule has 3 aromatic carbocycles. The molecule has 32 heavy (non-hydrogen) atoms. The Labute approximate surface area is 188 Å². The summed E-state index contributed by atoms with van der Waals surface area (Å²) in [5.74, 6) is 0.691. The summed E-state index contributed by atoms with van der Waals surface area (Å²) in [5, 5.41) is 0. The summed E-state index contributed by atoms with van der Waals surface area (Å²) in [4.78, 5) is 12.3. The molecule has 0 aliphatic heterocycles. The van der Waals surface area contributed by atoms with Gasteiger partial charge in [0.1, 0.15) is 0 Å². The molecule has 0 heterocycles.